The molecule has 0 aliphatic heterocycles. The molecule has 0 aliphatic rings. The van der Waals surface area contributed by atoms with Crippen LogP contribution in [0.1, 0.15) is 33.6 Å². The molecule has 0 saturated heterocycles. The molecule has 0 rings (SSSR count). The molecule has 0 bridgehead atoms. The lowest BCUT2D eigenvalue weighted by Crippen LogP contribution is -2.30. The summed E-state index contributed by atoms with van der Waals surface area (Å²) in [5.41, 5.74) is 1.84. The molecule has 1 amide bonds. The number of carbonyl (C=O) groups is 1. The summed E-state index contributed by atoms with van der Waals surface area (Å²) < 4.78 is 0. The van der Waals surface area contributed by atoms with Gasteiger partial charge in [-0.05, 0) is 31.3 Å². The maximum Gasteiger partial charge on any atom is 0.243 e. The van der Waals surface area contributed by atoms with Crippen LogP contribution in [-0.4, -0.2) is 24.7 Å². The highest BCUT2D eigenvalue weighted by Gasteiger charge is 2.21. The third kappa shape index (κ3) is 5.94. The van der Waals surface area contributed by atoms with E-state index in [2.05, 4.69) is 19.2 Å². The van der Waals surface area contributed by atoms with Gasteiger partial charge in [0, 0.05) is 6.42 Å². The van der Waals surface area contributed by atoms with E-state index in [1.165, 1.54) is 0 Å². The monoisotopic (exact) mass is 202 g/mol. The minimum absolute atomic E-state index is 0.184. The van der Waals surface area contributed by atoms with Crippen molar-refractivity contribution >= 4 is 5.91 Å². The van der Waals surface area contributed by atoms with E-state index in [0.29, 0.717) is 6.42 Å². The van der Waals surface area contributed by atoms with Crippen molar-refractivity contribution in [3.05, 3.63) is 0 Å². The van der Waals surface area contributed by atoms with Crippen molar-refractivity contribution in [2.24, 2.45) is 11.3 Å². The second kappa shape index (κ2) is 5.98. The largest absolute Gasteiger partial charge is 0.319 e. The number of hydrogen-bond acceptors (Lipinski definition) is 3. The Morgan fingerprint density at radius 1 is 1.50 bits per heavy atom. The van der Waals surface area contributed by atoms with E-state index < -0.39 is 0 Å². The molecule has 0 aromatic heterocycles. The third-order valence-electron chi connectivity index (χ3n) is 2.21. The standard InChI is InChI=1S/C10H22N2O2/c1-8(5-9(13)12-14)6-10(2,3)7-11-4/h8,11,14H,5-7H2,1-4H3,(H,12,13). The summed E-state index contributed by atoms with van der Waals surface area (Å²) in [5, 5.41) is 11.5. The van der Waals surface area contributed by atoms with Crippen molar-refractivity contribution in [1.82, 2.24) is 10.8 Å². The molecule has 14 heavy (non-hydrogen) atoms. The zero-order chi connectivity index (χ0) is 11.2. The molecule has 1 unspecified atom stereocenters. The van der Waals surface area contributed by atoms with E-state index in [1.54, 1.807) is 5.48 Å². The molecule has 3 N–H and O–H groups in total. The maximum atomic E-state index is 10.9. The van der Waals surface area contributed by atoms with Gasteiger partial charge in [0.05, 0.1) is 0 Å². The van der Waals surface area contributed by atoms with Gasteiger partial charge >= 0.3 is 0 Å². The predicted molar refractivity (Wildman–Crippen MR) is 56.0 cm³/mol. The molecule has 0 fully saturated rings. The lowest BCUT2D eigenvalue weighted by molar-refractivity contribution is -0.130. The lowest BCUT2D eigenvalue weighted by Gasteiger charge is -2.27. The van der Waals surface area contributed by atoms with Gasteiger partial charge in [-0.25, -0.2) is 5.48 Å². The van der Waals surface area contributed by atoms with Crippen molar-refractivity contribution in [2.75, 3.05) is 13.6 Å². The molecule has 84 valence electrons. The Kier molecular flexibility index (Phi) is 5.72. The Morgan fingerprint density at radius 3 is 2.50 bits per heavy atom. The van der Waals surface area contributed by atoms with Gasteiger partial charge in [0.15, 0.2) is 0 Å². The van der Waals surface area contributed by atoms with Crippen molar-refractivity contribution in [3.8, 4) is 0 Å². The van der Waals surface area contributed by atoms with Crippen LogP contribution in [-0.2, 0) is 4.79 Å². The van der Waals surface area contributed by atoms with Crippen LogP contribution < -0.4 is 10.8 Å². The molecule has 4 heteroatoms. The first-order valence-electron chi connectivity index (χ1n) is 4.99. The number of hydrogen-bond donors (Lipinski definition) is 3. The second-order valence-corrected chi connectivity index (χ2v) is 4.74. The fourth-order valence-electron chi connectivity index (χ4n) is 1.93. The fraction of sp³-hybridized carbons (Fsp3) is 0.900. The van der Waals surface area contributed by atoms with E-state index >= 15 is 0 Å². The lowest BCUT2D eigenvalue weighted by atomic mass is 9.82. The van der Waals surface area contributed by atoms with Gasteiger partial charge in [-0.3, -0.25) is 10.0 Å². The fourth-order valence-corrected chi connectivity index (χ4v) is 1.93. The third-order valence-corrected chi connectivity index (χ3v) is 2.21. The van der Waals surface area contributed by atoms with Gasteiger partial charge in [0.2, 0.25) is 5.91 Å². The van der Waals surface area contributed by atoms with Gasteiger partial charge in [-0.1, -0.05) is 20.8 Å². The normalized spacial score (nSPS) is 13.8. The number of hydroxylamine groups is 1. The van der Waals surface area contributed by atoms with E-state index in [9.17, 15) is 4.79 Å². The van der Waals surface area contributed by atoms with Gasteiger partial charge in [-0.2, -0.15) is 0 Å². The number of amides is 1. The van der Waals surface area contributed by atoms with Crippen LogP contribution in [0.25, 0.3) is 0 Å². The Bertz CT molecular complexity index is 181. The zero-order valence-electron chi connectivity index (χ0n) is 9.55. The predicted octanol–water partition coefficient (Wildman–Crippen LogP) is 1.15. The van der Waals surface area contributed by atoms with Crippen LogP contribution in [0.15, 0.2) is 0 Å². The Hall–Kier alpha value is -0.610. The van der Waals surface area contributed by atoms with Crippen LogP contribution >= 0.6 is 0 Å². The van der Waals surface area contributed by atoms with E-state index in [1.807, 2.05) is 14.0 Å². The maximum absolute atomic E-state index is 10.9. The Labute approximate surface area is 86.0 Å². The topological polar surface area (TPSA) is 61.4 Å². The minimum atomic E-state index is -0.308. The molecule has 0 aromatic rings. The Morgan fingerprint density at radius 2 is 2.07 bits per heavy atom. The molecule has 0 heterocycles. The van der Waals surface area contributed by atoms with Gasteiger partial charge < -0.3 is 5.32 Å². The average Bonchev–Trinajstić information content (AvgIpc) is 2.02. The molecule has 1 atom stereocenters. The summed E-state index contributed by atoms with van der Waals surface area (Å²) in [5.74, 6) is -0.0248. The highest BCUT2D eigenvalue weighted by atomic mass is 16.5. The molecular weight excluding hydrogens is 180 g/mol. The quantitative estimate of drug-likeness (QED) is 0.447. The molecule has 0 aliphatic carbocycles. The van der Waals surface area contributed by atoms with Crippen molar-refractivity contribution < 1.29 is 10.0 Å². The summed E-state index contributed by atoms with van der Waals surface area (Å²) in [7, 11) is 1.92. The molecule has 0 radical (unpaired) electrons. The van der Waals surface area contributed by atoms with Gasteiger partial charge in [0.25, 0.3) is 0 Å². The van der Waals surface area contributed by atoms with Crippen molar-refractivity contribution in [2.45, 2.75) is 33.6 Å². The smallest absolute Gasteiger partial charge is 0.243 e. The van der Waals surface area contributed by atoms with E-state index in [4.69, 9.17) is 5.21 Å². The highest BCUT2D eigenvalue weighted by molar-refractivity contribution is 5.74. The zero-order valence-corrected chi connectivity index (χ0v) is 9.55. The van der Waals surface area contributed by atoms with Crippen LogP contribution in [0.5, 0.6) is 0 Å². The average molecular weight is 202 g/mol. The van der Waals surface area contributed by atoms with Crippen molar-refractivity contribution in [1.29, 1.82) is 0 Å². The van der Waals surface area contributed by atoms with Crippen molar-refractivity contribution in [3.63, 3.8) is 0 Å². The van der Waals surface area contributed by atoms with Crippen LogP contribution in [0.2, 0.25) is 0 Å². The first-order valence-corrected chi connectivity index (χ1v) is 4.99. The highest BCUT2D eigenvalue weighted by Crippen LogP contribution is 2.25. The number of nitrogens with one attached hydrogen (secondary N) is 2. The summed E-state index contributed by atoms with van der Waals surface area (Å²) >= 11 is 0. The van der Waals surface area contributed by atoms with Crippen LogP contribution in [0.4, 0.5) is 0 Å². The molecule has 0 spiro atoms. The Balaban J connectivity index is 3.91. The summed E-state index contributed by atoms with van der Waals surface area (Å²) in [6, 6.07) is 0. The van der Waals surface area contributed by atoms with Crippen LogP contribution in [0, 0.1) is 11.3 Å². The second-order valence-electron chi connectivity index (χ2n) is 4.74. The first kappa shape index (κ1) is 13.4. The van der Waals surface area contributed by atoms with Gasteiger partial charge in [0.1, 0.15) is 0 Å². The number of rotatable bonds is 6. The number of carbonyl (C=O) groups excluding carboxylic acids is 1. The molecule has 4 nitrogen and oxygen atoms in total. The first-order chi connectivity index (χ1) is 6.41. The molecule has 0 saturated carbocycles. The van der Waals surface area contributed by atoms with E-state index in [0.717, 1.165) is 13.0 Å². The minimum Gasteiger partial charge on any atom is -0.319 e. The molecular formula is C10H22N2O2. The van der Waals surface area contributed by atoms with Gasteiger partial charge in [-0.15, -0.1) is 0 Å². The summed E-state index contributed by atoms with van der Waals surface area (Å²) in [6.45, 7) is 7.28. The molecule has 0 aromatic carbocycles. The van der Waals surface area contributed by atoms with Crippen LogP contribution in [0.3, 0.4) is 0 Å². The summed E-state index contributed by atoms with van der Waals surface area (Å²) in [6.07, 6.45) is 1.34. The SMILES string of the molecule is CNCC(C)(C)CC(C)CC(=O)NO. The van der Waals surface area contributed by atoms with E-state index in [-0.39, 0.29) is 17.2 Å². The summed E-state index contributed by atoms with van der Waals surface area (Å²) in [4.78, 5) is 10.9.